The van der Waals surface area contributed by atoms with Crippen molar-refractivity contribution in [2.75, 3.05) is 19.6 Å². The first-order valence-electron chi connectivity index (χ1n) is 3.92. The third-order valence-corrected chi connectivity index (χ3v) is 1.86. The molecule has 0 aliphatic carbocycles. The fraction of sp³-hybridized carbons (Fsp3) is 0.750. The van der Waals surface area contributed by atoms with E-state index < -0.39 is 0 Å². The fourth-order valence-corrected chi connectivity index (χ4v) is 1.28. The van der Waals surface area contributed by atoms with Crippen molar-refractivity contribution in [1.82, 2.24) is 4.90 Å². The van der Waals surface area contributed by atoms with E-state index in [0.717, 1.165) is 13.1 Å². The quantitative estimate of drug-likeness (QED) is 0.573. The Morgan fingerprint density at radius 3 is 2.45 bits per heavy atom. The molecule has 62 valence electrons. The Morgan fingerprint density at radius 1 is 1.45 bits per heavy atom. The zero-order valence-corrected chi connectivity index (χ0v) is 6.80. The summed E-state index contributed by atoms with van der Waals surface area (Å²) in [5, 5.41) is 0. The lowest BCUT2D eigenvalue weighted by atomic mass is 10.1. The van der Waals surface area contributed by atoms with Gasteiger partial charge in [-0.15, -0.1) is 0 Å². The molecule has 0 saturated carbocycles. The molecule has 3 heteroatoms. The average molecular weight is 155 g/mol. The number of nitrogens with zero attached hydrogens (tertiary/aromatic N) is 1. The highest BCUT2D eigenvalue weighted by Crippen LogP contribution is 2.04. The Labute approximate surface area is 66.4 Å². The highest BCUT2D eigenvalue weighted by molar-refractivity contribution is 5.80. The van der Waals surface area contributed by atoms with Gasteiger partial charge in [0.1, 0.15) is 11.6 Å². The van der Waals surface area contributed by atoms with Crippen LogP contribution in [-0.2, 0) is 9.59 Å². The maximum atomic E-state index is 10.8. The number of likely N-dealkylation sites (tertiary alicyclic amines) is 1. The summed E-state index contributed by atoms with van der Waals surface area (Å²) in [4.78, 5) is 23.5. The van der Waals surface area contributed by atoms with Crippen LogP contribution >= 0.6 is 0 Å². The van der Waals surface area contributed by atoms with Crippen LogP contribution in [0.2, 0.25) is 0 Å². The number of Topliss-reactive ketones (excluding diaryl/α,β-unsaturated/α-hetero) is 2. The first-order chi connectivity index (χ1) is 5.18. The van der Waals surface area contributed by atoms with Crippen molar-refractivity contribution in [3.63, 3.8) is 0 Å². The minimum atomic E-state index is 0.180. The molecular weight excluding hydrogens is 142 g/mol. The highest BCUT2D eigenvalue weighted by Gasteiger charge is 2.16. The summed E-state index contributed by atoms with van der Waals surface area (Å²) in [5.74, 6) is 0.504. The number of carbonyl (C=O) groups excluding carboxylic acids is 2. The molecule has 1 heterocycles. The Hall–Kier alpha value is -0.700. The zero-order valence-electron chi connectivity index (χ0n) is 6.80. The van der Waals surface area contributed by atoms with Crippen LogP contribution in [0.25, 0.3) is 0 Å². The lowest BCUT2D eigenvalue weighted by Gasteiger charge is -2.24. The van der Waals surface area contributed by atoms with E-state index in [0.29, 0.717) is 25.2 Å². The van der Waals surface area contributed by atoms with Crippen molar-refractivity contribution >= 4 is 11.6 Å². The second-order valence-corrected chi connectivity index (χ2v) is 3.02. The zero-order chi connectivity index (χ0) is 8.27. The molecular formula is C8H13NO2. The van der Waals surface area contributed by atoms with Gasteiger partial charge < -0.3 is 0 Å². The lowest BCUT2D eigenvalue weighted by molar-refractivity contribution is -0.124. The van der Waals surface area contributed by atoms with Crippen LogP contribution < -0.4 is 0 Å². The van der Waals surface area contributed by atoms with Gasteiger partial charge in [-0.05, 0) is 6.92 Å². The normalized spacial score (nSPS) is 20.3. The molecule has 1 saturated heterocycles. The third kappa shape index (κ3) is 2.80. The highest BCUT2D eigenvalue weighted by atomic mass is 16.1. The number of hydrogen-bond acceptors (Lipinski definition) is 3. The topological polar surface area (TPSA) is 37.4 Å². The first-order valence-corrected chi connectivity index (χ1v) is 3.92. The SMILES string of the molecule is CC(=O)CN1CCC(=O)CC1. The van der Waals surface area contributed by atoms with Gasteiger partial charge in [-0.2, -0.15) is 0 Å². The molecule has 0 N–H and O–H groups in total. The van der Waals surface area contributed by atoms with E-state index in [1.165, 1.54) is 0 Å². The molecule has 0 aromatic rings. The van der Waals surface area contributed by atoms with Gasteiger partial charge in [0.2, 0.25) is 0 Å². The maximum absolute atomic E-state index is 10.8. The van der Waals surface area contributed by atoms with Crippen LogP contribution in [0.3, 0.4) is 0 Å². The van der Waals surface area contributed by atoms with Crippen LogP contribution in [-0.4, -0.2) is 36.1 Å². The number of piperidine rings is 1. The van der Waals surface area contributed by atoms with Crippen LogP contribution in [0.5, 0.6) is 0 Å². The molecule has 1 fully saturated rings. The van der Waals surface area contributed by atoms with Gasteiger partial charge in [0, 0.05) is 25.9 Å². The molecule has 0 atom stereocenters. The molecule has 11 heavy (non-hydrogen) atoms. The summed E-state index contributed by atoms with van der Waals surface area (Å²) < 4.78 is 0. The van der Waals surface area contributed by atoms with E-state index in [4.69, 9.17) is 0 Å². The Bertz CT molecular complexity index is 167. The monoisotopic (exact) mass is 155 g/mol. The van der Waals surface area contributed by atoms with Gasteiger partial charge in [-0.1, -0.05) is 0 Å². The van der Waals surface area contributed by atoms with E-state index in [-0.39, 0.29) is 5.78 Å². The van der Waals surface area contributed by atoms with E-state index in [1.807, 2.05) is 4.90 Å². The van der Waals surface area contributed by atoms with Crippen molar-refractivity contribution < 1.29 is 9.59 Å². The van der Waals surface area contributed by atoms with E-state index >= 15 is 0 Å². The van der Waals surface area contributed by atoms with Gasteiger partial charge >= 0.3 is 0 Å². The Kier molecular flexibility index (Phi) is 2.76. The average Bonchev–Trinajstić information content (AvgIpc) is 1.93. The molecule has 0 amide bonds. The smallest absolute Gasteiger partial charge is 0.143 e. The minimum Gasteiger partial charge on any atom is -0.300 e. The Morgan fingerprint density at radius 2 is 2.00 bits per heavy atom. The van der Waals surface area contributed by atoms with Gasteiger partial charge in [0.05, 0.1) is 6.54 Å². The summed E-state index contributed by atoms with van der Waals surface area (Å²) in [5.41, 5.74) is 0. The van der Waals surface area contributed by atoms with Crippen molar-refractivity contribution in [3.05, 3.63) is 0 Å². The molecule has 3 nitrogen and oxygen atoms in total. The predicted molar refractivity (Wildman–Crippen MR) is 41.4 cm³/mol. The van der Waals surface area contributed by atoms with Crippen molar-refractivity contribution in [3.8, 4) is 0 Å². The summed E-state index contributed by atoms with van der Waals surface area (Å²) in [6.07, 6.45) is 1.24. The number of hydrogen-bond donors (Lipinski definition) is 0. The van der Waals surface area contributed by atoms with Crippen LogP contribution in [0.1, 0.15) is 19.8 Å². The first kappa shape index (κ1) is 8.40. The molecule has 0 radical (unpaired) electrons. The van der Waals surface area contributed by atoms with Gasteiger partial charge in [0.15, 0.2) is 0 Å². The standard InChI is InChI=1S/C8H13NO2/c1-7(10)6-9-4-2-8(11)3-5-9/h2-6H2,1H3. The maximum Gasteiger partial charge on any atom is 0.143 e. The predicted octanol–water partition coefficient (Wildman–Crippen LogP) is 0.240. The molecule has 0 aromatic heterocycles. The van der Waals surface area contributed by atoms with Crippen molar-refractivity contribution in [2.45, 2.75) is 19.8 Å². The largest absolute Gasteiger partial charge is 0.300 e. The molecule has 1 aliphatic rings. The van der Waals surface area contributed by atoms with E-state index in [2.05, 4.69) is 0 Å². The van der Waals surface area contributed by atoms with Crippen LogP contribution in [0.4, 0.5) is 0 Å². The second kappa shape index (κ2) is 3.62. The van der Waals surface area contributed by atoms with Gasteiger partial charge in [-0.25, -0.2) is 0 Å². The molecule has 1 rings (SSSR count). The van der Waals surface area contributed by atoms with Crippen molar-refractivity contribution in [2.24, 2.45) is 0 Å². The lowest BCUT2D eigenvalue weighted by Crippen LogP contribution is -2.36. The van der Waals surface area contributed by atoms with Gasteiger partial charge in [-0.3, -0.25) is 14.5 Å². The van der Waals surface area contributed by atoms with Crippen molar-refractivity contribution in [1.29, 1.82) is 0 Å². The third-order valence-electron chi connectivity index (χ3n) is 1.86. The number of ketones is 2. The second-order valence-electron chi connectivity index (χ2n) is 3.02. The minimum absolute atomic E-state index is 0.180. The van der Waals surface area contributed by atoms with E-state index in [1.54, 1.807) is 6.92 Å². The summed E-state index contributed by atoms with van der Waals surface area (Å²) in [6.45, 7) is 3.61. The van der Waals surface area contributed by atoms with Gasteiger partial charge in [0.25, 0.3) is 0 Å². The molecule has 0 spiro atoms. The molecule has 0 bridgehead atoms. The fourth-order valence-electron chi connectivity index (χ4n) is 1.28. The molecule has 0 unspecified atom stereocenters. The summed E-state index contributed by atoms with van der Waals surface area (Å²) in [6, 6.07) is 0. The molecule has 1 aliphatic heterocycles. The van der Waals surface area contributed by atoms with Crippen LogP contribution in [0, 0.1) is 0 Å². The van der Waals surface area contributed by atoms with E-state index in [9.17, 15) is 9.59 Å². The Balaban J connectivity index is 2.28. The molecule has 0 aromatic carbocycles. The number of rotatable bonds is 2. The summed E-state index contributed by atoms with van der Waals surface area (Å²) in [7, 11) is 0. The summed E-state index contributed by atoms with van der Waals surface area (Å²) >= 11 is 0. The number of carbonyl (C=O) groups is 2. The van der Waals surface area contributed by atoms with Crippen LogP contribution in [0.15, 0.2) is 0 Å².